The average molecular weight is 212 g/mol. The zero-order valence-electron chi connectivity index (χ0n) is 10.0. The van der Waals surface area contributed by atoms with Gasteiger partial charge in [-0.2, -0.15) is 0 Å². The topological polar surface area (TPSA) is 24.5 Å². The maximum atomic E-state index is 5.34. The molecule has 2 rings (SSSR count). The Labute approximate surface area is 93.2 Å². The lowest BCUT2D eigenvalue weighted by Crippen LogP contribution is -2.51. The first-order valence-electron chi connectivity index (χ1n) is 6.33. The SMILES string of the molecule is CCN(CC1CCCN1)C1CC(OC)C1. The quantitative estimate of drug-likeness (QED) is 0.742. The summed E-state index contributed by atoms with van der Waals surface area (Å²) in [5.41, 5.74) is 0. The zero-order valence-corrected chi connectivity index (χ0v) is 10.0. The third-order valence-electron chi connectivity index (χ3n) is 3.94. The van der Waals surface area contributed by atoms with Gasteiger partial charge in [0.25, 0.3) is 0 Å². The minimum absolute atomic E-state index is 0.528. The van der Waals surface area contributed by atoms with Gasteiger partial charge in [-0.05, 0) is 38.8 Å². The smallest absolute Gasteiger partial charge is 0.0601 e. The molecule has 0 radical (unpaired) electrons. The predicted octanol–water partition coefficient (Wildman–Crippen LogP) is 1.24. The molecule has 2 fully saturated rings. The molecule has 2 aliphatic rings. The molecule has 1 saturated carbocycles. The van der Waals surface area contributed by atoms with Crippen molar-refractivity contribution in [3.63, 3.8) is 0 Å². The molecule has 15 heavy (non-hydrogen) atoms. The van der Waals surface area contributed by atoms with Gasteiger partial charge in [-0.15, -0.1) is 0 Å². The van der Waals surface area contributed by atoms with E-state index in [1.54, 1.807) is 0 Å². The van der Waals surface area contributed by atoms with Crippen LogP contribution in [0.25, 0.3) is 0 Å². The molecule has 3 heteroatoms. The zero-order chi connectivity index (χ0) is 10.7. The van der Waals surface area contributed by atoms with Crippen LogP contribution < -0.4 is 5.32 Å². The third kappa shape index (κ3) is 2.71. The average Bonchev–Trinajstić information content (AvgIpc) is 2.67. The van der Waals surface area contributed by atoms with Crippen molar-refractivity contribution in [2.45, 2.75) is 50.8 Å². The summed E-state index contributed by atoms with van der Waals surface area (Å²) in [6.45, 7) is 5.90. The van der Waals surface area contributed by atoms with Crippen molar-refractivity contribution in [3.8, 4) is 0 Å². The van der Waals surface area contributed by atoms with Crippen LogP contribution in [0.1, 0.15) is 32.6 Å². The molecule has 1 aliphatic carbocycles. The summed E-state index contributed by atoms with van der Waals surface area (Å²) in [6, 6.07) is 1.52. The van der Waals surface area contributed by atoms with Crippen LogP contribution in [0.3, 0.4) is 0 Å². The monoisotopic (exact) mass is 212 g/mol. The standard InChI is InChI=1S/C12H24N2O/c1-3-14(9-10-5-4-6-13-10)11-7-12(8-11)15-2/h10-13H,3-9H2,1-2H3. The molecular formula is C12H24N2O. The molecule has 0 spiro atoms. The molecule has 1 saturated heterocycles. The van der Waals surface area contributed by atoms with Crippen LogP contribution in [0.5, 0.6) is 0 Å². The van der Waals surface area contributed by atoms with Gasteiger partial charge in [-0.25, -0.2) is 0 Å². The highest BCUT2D eigenvalue weighted by molar-refractivity contribution is 4.90. The Morgan fingerprint density at radius 3 is 2.73 bits per heavy atom. The van der Waals surface area contributed by atoms with E-state index in [-0.39, 0.29) is 0 Å². The van der Waals surface area contributed by atoms with Crippen LogP contribution in [0.4, 0.5) is 0 Å². The number of rotatable bonds is 5. The fourth-order valence-electron chi connectivity index (χ4n) is 2.76. The molecule has 1 N–H and O–H groups in total. The lowest BCUT2D eigenvalue weighted by Gasteiger charge is -2.42. The van der Waals surface area contributed by atoms with E-state index in [0.29, 0.717) is 6.10 Å². The Bertz CT molecular complexity index is 186. The van der Waals surface area contributed by atoms with Crippen molar-refractivity contribution in [2.24, 2.45) is 0 Å². The first-order chi connectivity index (χ1) is 7.33. The van der Waals surface area contributed by atoms with Gasteiger partial charge in [0.05, 0.1) is 6.10 Å². The van der Waals surface area contributed by atoms with E-state index in [1.165, 1.54) is 45.3 Å². The first-order valence-corrected chi connectivity index (χ1v) is 6.33. The molecule has 0 aromatic heterocycles. The largest absolute Gasteiger partial charge is 0.381 e. The third-order valence-corrected chi connectivity index (χ3v) is 3.94. The number of hydrogen-bond acceptors (Lipinski definition) is 3. The molecule has 0 aromatic carbocycles. The van der Waals surface area contributed by atoms with Crippen molar-refractivity contribution in [3.05, 3.63) is 0 Å². The van der Waals surface area contributed by atoms with Crippen molar-refractivity contribution >= 4 is 0 Å². The highest BCUT2D eigenvalue weighted by Crippen LogP contribution is 2.28. The summed E-state index contributed by atoms with van der Waals surface area (Å²) in [5, 5.41) is 3.58. The highest BCUT2D eigenvalue weighted by atomic mass is 16.5. The van der Waals surface area contributed by atoms with E-state index in [9.17, 15) is 0 Å². The van der Waals surface area contributed by atoms with Crippen molar-refractivity contribution in [1.82, 2.24) is 10.2 Å². The molecule has 1 atom stereocenters. The van der Waals surface area contributed by atoms with E-state index >= 15 is 0 Å². The maximum absolute atomic E-state index is 5.34. The van der Waals surface area contributed by atoms with E-state index in [1.807, 2.05) is 7.11 Å². The van der Waals surface area contributed by atoms with Gasteiger partial charge >= 0.3 is 0 Å². The van der Waals surface area contributed by atoms with Crippen LogP contribution in [0.15, 0.2) is 0 Å². The molecule has 1 aliphatic heterocycles. The Kier molecular flexibility index (Phi) is 4.00. The van der Waals surface area contributed by atoms with Crippen LogP contribution in [-0.4, -0.2) is 49.8 Å². The summed E-state index contributed by atoms with van der Waals surface area (Å²) in [4.78, 5) is 2.62. The minimum atomic E-state index is 0.528. The number of nitrogens with one attached hydrogen (secondary N) is 1. The summed E-state index contributed by atoms with van der Waals surface area (Å²) in [7, 11) is 1.83. The van der Waals surface area contributed by atoms with Crippen LogP contribution in [0.2, 0.25) is 0 Å². The second-order valence-electron chi connectivity index (χ2n) is 4.86. The first kappa shape index (κ1) is 11.4. The normalized spacial score (nSPS) is 35.8. The summed E-state index contributed by atoms with van der Waals surface area (Å²) >= 11 is 0. The molecule has 0 amide bonds. The summed E-state index contributed by atoms with van der Waals surface area (Å²) in [6.07, 6.45) is 5.71. The van der Waals surface area contributed by atoms with Gasteiger partial charge in [0.15, 0.2) is 0 Å². The van der Waals surface area contributed by atoms with Crippen LogP contribution >= 0.6 is 0 Å². The maximum Gasteiger partial charge on any atom is 0.0601 e. The van der Waals surface area contributed by atoms with Gasteiger partial charge in [-0.3, -0.25) is 4.90 Å². The second-order valence-corrected chi connectivity index (χ2v) is 4.86. The molecule has 1 heterocycles. The van der Waals surface area contributed by atoms with Gasteiger partial charge in [0.2, 0.25) is 0 Å². The number of likely N-dealkylation sites (N-methyl/N-ethyl adjacent to an activating group) is 1. The Balaban J connectivity index is 1.73. The Morgan fingerprint density at radius 1 is 1.40 bits per heavy atom. The van der Waals surface area contributed by atoms with E-state index in [0.717, 1.165) is 12.1 Å². The van der Waals surface area contributed by atoms with Crippen LogP contribution in [-0.2, 0) is 4.74 Å². The lowest BCUT2D eigenvalue weighted by atomic mass is 9.87. The van der Waals surface area contributed by atoms with Gasteiger partial charge in [0, 0.05) is 25.7 Å². The Hall–Kier alpha value is -0.120. The van der Waals surface area contributed by atoms with Crippen molar-refractivity contribution < 1.29 is 4.74 Å². The van der Waals surface area contributed by atoms with Crippen molar-refractivity contribution in [2.75, 3.05) is 26.7 Å². The Morgan fingerprint density at radius 2 is 2.20 bits per heavy atom. The van der Waals surface area contributed by atoms with Crippen molar-refractivity contribution in [1.29, 1.82) is 0 Å². The molecule has 88 valence electrons. The number of hydrogen-bond donors (Lipinski definition) is 1. The predicted molar refractivity (Wildman–Crippen MR) is 62.1 cm³/mol. The number of nitrogens with zero attached hydrogens (tertiary/aromatic N) is 1. The number of methoxy groups -OCH3 is 1. The lowest BCUT2D eigenvalue weighted by molar-refractivity contribution is -0.0275. The van der Waals surface area contributed by atoms with Gasteiger partial charge < -0.3 is 10.1 Å². The fraction of sp³-hybridized carbons (Fsp3) is 1.00. The summed E-state index contributed by atoms with van der Waals surface area (Å²) in [5.74, 6) is 0. The minimum Gasteiger partial charge on any atom is -0.381 e. The van der Waals surface area contributed by atoms with Crippen LogP contribution in [0, 0.1) is 0 Å². The molecule has 3 nitrogen and oxygen atoms in total. The van der Waals surface area contributed by atoms with Gasteiger partial charge in [0.1, 0.15) is 0 Å². The fourth-order valence-corrected chi connectivity index (χ4v) is 2.76. The molecule has 1 unspecified atom stereocenters. The molecule has 0 aromatic rings. The molecule has 0 bridgehead atoms. The van der Waals surface area contributed by atoms with E-state index < -0.39 is 0 Å². The molecular weight excluding hydrogens is 188 g/mol. The van der Waals surface area contributed by atoms with E-state index in [2.05, 4.69) is 17.1 Å². The highest BCUT2D eigenvalue weighted by Gasteiger charge is 2.34. The summed E-state index contributed by atoms with van der Waals surface area (Å²) < 4.78 is 5.34. The van der Waals surface area contributed by atoms with E-state index in [4.69, 9.17) is 4.74 Å². The second kappa shape index (κ2) is 5.28. The number of ether oxygens (including phenoxy) is 1. The van der Waals surface area contributed by atoms with Gasteiger partial charge in [-0.1, -0.05) is 6.92 Å².